The summed E-state index contributed by atoms with van der Waals surface area (Å²) in [6, 6.07) is 13.4. The quantitative estimate of drug-likeness (QED) is 0.142. The molecule has 0 fully saturated rings. The molecule has 0 aliphatic heterocycles. The van der Waals surface area contributed by atoms with Crippen molar-refractivity contribution in [3.05, 3.63) is 76.9 Å². The van der Waals surface area contributed by atoms with E-state index in [1.165, 1.54) is 6.07 Å². The maximum atomic E-state index is 13.1. The number of pyridine rings is 1. The van der Waals surface area contributed by atoms with E-state index in [9.17, 15) is 23.1 Å². The number of carboxylic acid groups (broad SMARTS) is 1. The highest BCUT2D eigenvalue weighted by atomic mass is 32.2. The number of carbonyl (C=O) groups is 2. The minimum absolute atomic E-state index is 0.0743. The largest absolute Gasteiger partial charge is 0.480 e. The van der Waals surface area contributed by atoms with Crippen LogP contribution in [0.5, 0.6) is 0 Å². The molecule has 5 N–H and O–H groups in total. The average molecular weight is 555 g/mol. The van der Waals surface area contributed by atoms with E-state index in [1.807, 2.05) is 18.2 Å². The van der Waals surface area contributed by atoms with Crippen LogP contribution in [-0.2, 0) is 21.2 Å². The summed E-state index contributed by atoms with van der Waals surface area (Å²) in [5, 5.41) is 22.4. The lowest BCUT2D eigenvalue weighted by Gasteiger charge is -2.20. The van der Waals surface area contributed by atoms with Gasteiger partial charge < -0.3 is 16.2 Å². The van der Waals surface area contributed by atoms with Gasteiger partial charge in [0.15, 0.2) is 5.01 Å². The number of carbonyl (C=O) groups excluding carboxylic acids is 1. The lowest BCUT2D eigenvalue weighted by Crippen LogP contribution is -2.55. The number of benzene rings is 2. The number of aromatic nitrogens is 3. The fourth-order valence-electron chi connectivity index (χ4n) is 3.77. The van der Waals surface area contributed by atoms with Gasteiger partial charge in [0.1, 0.15) is 16.9 Å². The van der Waals surface area contributed by atoms with Crippen LogP contribution < -0.4 is 15.8 Å². The van der Waals surface area contributed by atoms with Gasteiger partial charge in [-0.15, -0.1) is 10.2 Å². The highest BCUT2D eigenvalue weighted by Gasteiger charge is 2.37. The van der Waals surface area contributed by atoms with Crippen molar-refractivity contribution in [3.63, 3.8) is 0 Å². The molecule has 0 saturated carbocycles. The summed E-state index contributed by atoms with van der Waals surface area (Å²) in [6.07, 6.45) is 3.88. The number of nitrogens with zero attached hydrogens (tertiary/aromatic N) is 3. The van der Waals surface area contributed by atoms with Crippen LogP contribution in [-0.4, -0.2) is 59.1 Å². The van der Waals surface area contributed by atoms with E-state index in [0.717, 1.165) is 30.0 Å². The van der Waals surface area contributed by atoms with Crippen molar-refractivity contribution in [1.29, 1.82) is 0 Å². The number of aliphatic carboxylic acids is 1. The minimum atomic E-state index is -4.33. The van der Waals surface area contributed by atoms with Gasteiger partial charge in [-0.3, -0.25) is 9.59 Å². The number of nitrogens with two attached hydrogens (primary N) is 1. The highest BCUT2D eigenvalue weighted by Crippen LogP contribution is 2.23. The van der Waals surface area contributed by atoms with Gasteiger partial charge in [0.25, 0.3) is 0 Å². The highest BCUT2D eigenvalue weighted by molar-refractivity contribution is 7.89. The number of hydrogen-bond acceptors (Lipinski definition) is 10. The Balaban J connectivity index is 1.38. The molecule has 13 heteroatoms. The number of rotatable bonds is 13. The molecule has 2 aromatic carbocycles. The van der Waals surface area contributed by atoms with Gasteiger partial charge in [-0.25, -0.2) is 13.4 Å². The molecule has 11 nitrogen and oxygen atoms in total. The minimum Gasteiger partial charge on any atom is -0.480 e. The van der Waals surface area contributed by atoms with Gasteiger partial charge in [-0.1, -0.05) is 53.8 Å². The maximum absolute atomic E-state index is 13.1. The number of anilines is 1. The maximum Gasteiger partial charge on any atom is 0.323 e. The van der Waals surface area contributed by atoms with Crippen molar-refractivity contribution >= 4 is 49.7 Å². The third-order valence-electron chi connectivity index (χ3n) is 5.72. The molecule has 0 amide bonds. The molecular formula is C25H26N6O5S2. The fourth-order valence-corrected chi connectivity index (χ4v) is 6.08. The monoisotopic (exact) mass is 554 g/mol. The van der Waals surface area contributed by atoms with Gasteiger partial charge in [0.05, 0.1) is 10.9 Å². The number of hydrogen-bond donors (Lipinski definition) is 4. The zero-order valence-electron chi connectivity index (χ0n) is 20.1. The molecule has 4 aromatic rings. The van der Waals surface area contributed by atoms with E-state index in [1.54, 1.807) is 42.6 Å². The van der Waals surface area contributed by atoms with Crippen LogP contribution in [0.25, 0.3) is 10.8 Å². The van der Waals surface area contributed by atoms with Gasteiger partial charge in [-0.05, 0) is 36.4 Å². The van der Waals surface area contributed by atoms with Gasteiger partial charge >= 0.3 is 5.97 Å². The standard InChI is InChI=1S/C25H26N6O5S2/c26-21(22(25(33)34)31-38(35,36)18-11-7-9-16-8-1-2-10-17(16)18)23(32)24-30-29-20(37-24)13-4-6-15-28-19-12-3-5-14-27-19/h1-3,5,7-12,14,21-22,31H,4,6,13,15,26H2,(H,27,28)(H,33,34)/t21?,22-/m0/s1. The first-order valence-electron chi connectivity index (χ1n) is 11.8. The Labute approximate surface area is 223 Å². The SMILES string of the molecule is NC(C(=O)c1nnc(CCCCNc2ccccn2)s1)[C@H](NS(=O)(=O)c1cccc2ccccc12)C(=O)O. The van der Waals surface area contributed by atoms with Crippen LogP contribution in [0.1, 0.15) is 27.7 Å². The molecule has 0 radical (unpaired) electrons. The molecule has 2 heterocycles. The number of nitrogens with one attached hydrogen (secondary N) is 2. The van der Waals surface area contributed by atoms with E-state index in [0.29, 0.717) is 28.7 Å². The van der Waals surface area contributed by atoms with Crippen molar-refractivity contribution < 1.29 is 23.1 Å². The van der Waals surface area contributed by atoms with Crippen LogP contribution in [0, 0.1) is 0 Å². The molecule has 4 rings (SSSR count). The molecule has 0 aliphatic carbocycles. The zero-order chi connectivity index (χ0) is 27.1. The van der Waals surface area contributed by atoms with Crippen LogP contribution >= 0.6 is 11.3 Å². The van der Waals surface area contributed by atoms with Crippen molar-refractivity contribution in [2.75, 3.05) is 11.9 Å². The van der Waals surface area contributed by atoms with E-state index in [2.05, 4.69) is 25.2 Å². The predicted molar refractivity (Wildman–Crippen MR) is 144 cm³/mol. The first-order chi connectivity index (χ1) is 18.3. The molecule has 198 valence electrons. The Kier molecular flexibility index (Phi) is 8.73. The second-order valence-electron chi connectivity index (χ2n) is 8.40. The fraction of sp³-hybridized carbons (Fsp3) is 0.240. The summed E-state index contributed by atoms with van der Waals surface area (Å²) in [7, 11) is -4.33. The molecule has 0 saturated heterocycles. The molecule has 1 unspecified atom stereocenters. The summed E-state index contributed by atoms with van der Waals surface area (Å²) < 4.78 is 28.3. The predicted octanol–water partition coefficient (Wildman–Crippen LogP) is 2.46. The van der Waals surface area contributed by atoms with Crippen LogP contribution in [0.3, 0.4) is 0 Å². The van der Waals surface area contributed by atoms with Crippen LogP contribution in [0.4, 0.5) is 5.82 Å². The van der Waals surface area contributed by atoms with E-state index in [-0.39, 0.29) is 9.90 Å². The van der Waals surface area contributed by atoms with Crippen molar-refractivity contribution in [1.82, 2.24) is 19.9 Å². The van der Waals surface area contributed by atoms with Crippen LogP contribution in [0.2, 0.25) is 0 Å². The smallest absolute Gasteiger partial charge is 0.323 e. The number of Topliss-reactive ketones (excluding diaryl/α,β-unsaturated/α-hetero) is 1. The van der Waals surface area contributed by atoms with Crippen molar-refractivity contribution in [2.24, 2.45) is 5.73 Å². The van der Waals surface area contributed by atoms with E-state index < -0.39 is 33.9 Å². The Morgan fingerprint density at radius 2 is 1.76 bits per heavy atom. The molecule has 0 bridgehead atoms. The Hall–Kier alpha value is -3.78. The summed E-state index contributed by atoms with van der Waals surface area (Å²) in [5.74, 6) is -1.60. The second kappa shape index (κ2) is 12.2. The third kappa shape index (κ3) is 6.55. The molecule has 38 heavy (non-hydrogen) atoms. The molecule has 2 aromatic heterocycles. The van der Waals surface area contributed by atoms with Crippen LogP contribution in [0.15, 0.2) is 71.8 Å². The Morgan fingerprint density at radius 1 is 1.00 bits per heavy atom. The second-order valence-corrected chi connectivity index (χ2v) is 11.1. The van der Waals surface area contributed by atoms with Crippen molar-refractivity contribution in [3.8, 4) is 0 Å². The van der Waals surface area contributed by atoms with Crippen molar-refractivity contribution in [2.45, 2.75) is 36.2 Å². The number of carboxylic acids is 1. The summed E-state index contributed by atoms with van der Waals surface area (Å²) in [5.41, 5.74) is 5.96. The number of aryl methyl sites for hydroxylation is 1. The molecule has 0 spiro atoms. The Bertz CT molecular complexity index is 1520. The lowest BCUT2D eigenvalue weighted by molar-refractivity contribution is -0.139. The van der Waals surface area contributed by atoms with Gasteiger partial charge in [0, 0.05) is 24.5 Å². The Morgan fingerprint density at radius 3 is 2.53 bits per heavy atom. The van der Waals surface area contributed by atoms with Gasteiger partial charge in [-0.2, -0.15) is 4.72 Å². The molecular weight excluding hydrogens is 528 g/mol. The first-order valence-corrected chi connectivity index (χ1v) is 14.1. The summed E-state index contributed by atoms with van der Waals surface area (Å²) in [6.45, 7) is 0.712. The molecule has 0 aliphatic rings. The normalized spacial score (nSPS) is 13.2. The number of unbranched alkanes of at least 4 members (excludes halogenated alkanes) is 1. The van der Waals surface area contributed by atoms with Gasteiger partial charge in [0.2, 0.25) is 15.8 Å². The third-order valence-corrected chi connectivity index (χ3v) is 8.21. The number of ketones is 1. The number of sulfonamides is 1. The lowest BCUT2D eigenvalue weighted by atomic mass is 10.1. The topological polar surface area (TPSA) is 177 Å². The summed E-state index contributed by atoms with van der Waals surface area (Å²) in [4.78, 5) is 29.0. The van der Waals surface area contributed by atoms with E-state index in [4.69, 9.17) is 5.73 Å². The zero-order valence-corrected chi connectivity index (χ0v) is 21.8. The average Bonchev–Trinajstić information content (AvgIpc) is 3.40. The van der Waals surface area contributed by atoms with E-state index >= 15 is 0 Å². The number of fused-ring (bicyclic) bond motifs is 1. The first kappa shape index (κ1) is 27.3. The molecule has 2 atom stereocenters. The summed E-state index contributed by atoms with van der Waals surface area (Å²) >= 11 is 1.01.